The molecule has 108 valence electrons. The van der Waals surface area contributed by atoms with E-state index in [0.29, 0.717) is 23.0 Å². The second kappa shape index (κ2) is 4.85. The standard InChI is InChI=1S/C16H27NO2/c1-16(2)6-5-14(18)12(7-16)9-17-8-11-3-4-15(19)13(11)10-17/h11-13,15,19H,3-10H2,1-2H3. The van der Waals surface area contributed by atoms with Crippen molar-refractivity contribution in [2.24, 2.45) is 23.2 Å². The van der Waals surface area contributed by atoms with Crippen LogP contribution in [-0.2, 0) is 4.79 Å². The number of ketones is 1. The summed E-state index contributed by atoms with van der Waals surface area (Å²) in [5.74, 6) is 1.87. The highest BCUT2D eigenvalue weighted by atomic mass is 16.3. The molecule has 0 amide bonds. The average molecular weight is 265 g/mol. The quantitative estimate of drug-likeness (QED) is 0.831. The maximum atomic E-state index is 12.1. The summed E-state index contributed by atoms with van der Waals surface area (Å²) in [4.78, 5) is 14.6. The Labute approximate surface area is 116 Å². The van der Waals surface area contributed by atoms with Crippen molar-refractivity contribution in [1.82, 2.24) is 4.90 Å². The number of carbonyl (C=O) groups excluding carboxylic acids is 1. The van der Waals surface area contributed by atoms with Crippen LogP contribution in [0.4, 0.5) is 0 Å². The first-order valence-electron chi connectivity index (χ1n) is 7.88. The van der Waals surface area contributed by atoms with Gasteiger partial charge in [0.2, 0.25) is 0 Å². The van der Waals surface area contributed by atoms with Gasteiger partial charge < -0.3 is 10.0 Å². The summed E-state index contributed by atoms with van der Waals surface area (Å²) in [5.41, 5.74) is 0.327. The van der Waals surface area contributed by atoms with E-state index in [1.165, 1.54) is 6.42 Å². The van der Waals surface area contributed by atoms with Gasteiger partial charge in [0, 0.05) is 37.9 Å². The molecule has 1 N–H and O–H groups in total. The van der Waals surface area contributed by atoms with Crippen molar-refractivity contribution in [3.8, 4) is 0 Å². The van der Waals surface area contributed by atoms with Crippen molar-refractivity contribution in [1.29, 1.82) is 0 Å². The van der Waals surface area contributed by atoms with Gasteiger partial charge in [-0.1, -0.05) is 13.8 Å². The molecule has 0 aromatic carbocycles. The highest BCUT2D eigenvalue weighted by Crippen LogP contribution is 2.41. The molecule has 1 aliphatic heterocycles. The first kappa shape index (κ1) is 13.6. The molecule has 2 aliphatic carbocycles. The minimum atomic E-state index is -0.0894. The predicted molar refractivity (Wildman–Crippen MR) is 74.8 cm³/mol. The molecular weight excluding hydrogens is 238 g/mol. The Balaban J connectivity index is 1.58. The predicted octanol–water partition coefficient (Wildman–Crippen LogP) is 2.08. The van der Waals surface area contributed by atoms with E-state index in [9.17, 15) is 9.90 Å². The Morgan fingerprint density at radius 2 is 2.11 bits per heavy atom. The van der Waals surface area contributed by atoms with E-state index in [1.54, 1.807) is 0 Å². The van der Waals surface area contributed by atoms with Gasteiger partial charge in [-0.25, -0.2) is 0 Å². The molecule has 4 atom stereocenters. The summed E-state index contributed by atoms with van der Waals surface area (Å²) in [6.45, 7) is 7.62. The van der Waals surface area contributed by atoms with Crippen molar-refractivity contribution < 1.29 is 9.90 Å². The van der Waals surface area contributed by atoms with Crippen molar-refractivity contribution in [2.75, 3.05) is 19.6 Å². The lowest BCUT2D eigenvalue weighted by Crippen LogP contribution is -2.38. The van der Waals surface area contributed by atoms with Crippen LogP contribution in [0.1, 0.15) is 46.0 Å². The Morgan fingerprint density at radius 1 is 1.32 bits per heavy atom. The lowest BCUT2D eigenvalue weighted by molar-refractivity contribution is -0.127. The summed E-state index contributed by atoms with van der Waals surface area (Å²) in [6.07, 6.45) is 4.92. The molecule has 0 bridgehead atoms. The van der Waals surface area contributed by atoms with Gasteiger partial charge in [0.1, 0.15) is 5.78 Å². The van der Waals surface area contributed by atoms with Crippen molar-refractivity contribution in [3.63, 3.8) is 0 Å². The van der Waals surface area contributed by atoms with E-state index >= 15 is 0 Å². The van der Waals surface area contributed by atoms with E-state index in [-0.39, 0.29) is 12.0 Å². The number of nitrogens with zero attached hydrogens (tertiary/aromatic N) is 1. The molecule has 3 rings (SSSR count). The maximum Gasteiger partial charge on any atom is 0.137 e. The molecule has 2 saturated carbocycles. The first-order valence-corrected chi connectivity index (χ1v) is 7.88. The maximum absolute atomic E-state index is 12.1. The zero-order valence-electron chi connectivity index (χ0n) is 12.3. The fraction of sp³-hybridized carbons (Fsp3) is 0.938. The van der Waals surface area contributed by atoms with Crippen LogP contribution >= 0.6 is 0 Å². The lowest BCUT2D eigenvalue weighted by atomic mass is 9.71. The molecule has 3 nitrogen and oxygen atoms in total. The molecule has 3 heteroatoms. The number of rotatable bonds is 2. The number of hydrogen-bond acceptors (Lipinski definition) is 3. The molecule has 0 aromatic heterocycles. The van der Waals surface area contributed by atoms with Crippen molar-refractivity contribution in [2.45, 2.75) is 52.1 Å². The fourth-order valence-corrected chi connectivity index (χ4v) is 4.50. The molecule has 4 unspecified atom stereocenters. The molecule has 0 aromatic rings. The second-order valence-corrected chi connectivity index (χ2v) is 7.82. The van der Waals surface area contributed by atoms with Crippen LogP contribution in [0.25, 0.3) is 0 Å². The van der Waals surface area contributed by atoms with Gasteiger partial charge in [-0.15, -0.1) is 0 Å². The van der Waals surface area contributed by atoms with Crippen LogP contribution < -0.4 is 0 Å². The van der Waals surface area contributed by atoms with Crippen LogP contribution in [0.3, 0.4) is 0 Å². The van der Waals surface area contributed by atoms with E-state index in [1.807, 2.05) is 0 Å². The number of Topliss-reactive ketones (excluding diaryl/α,β-unsaturated/α-hetero) is 1. The number of carbonyl (C=O) groups is 1. The lowest BCUT2D eigenvalue weighted by Gasteiger charge is -2.36. The second-order valence-electron chi connectivity index (χ2n) is 7.82. The molecule has 1 heterocycles. The number of hydrogen-bond donors (Lipinski definition) is 1. The number of aliphatic hydroxyl groups is 1. The van der Waals surface area contributed by atoms with E-state index in [4.69, 9.17) is 0 Å². The molecule has 1 saturated heterocycles. The molecule has 0 spiro atoms. The highest BCUT2D eigenvalue weighted by molar-refractivity contribution is 5.82. The fourth-order valence-electron chi connectivity index (χ4n) is 4.50. The summed E-state index contributed by atoms with van der Waals surface area (Å²) in [5, 5.41) is 9.96. The van der Waals surface area contributed by atoms with Crippen LogP contribution in [-0.4, -0.2) is 41.5 Å². The van der Waals surface area contributed by atoms with Gasteiger partial charge in [-0.3, -0.25) is 4.79 Å². The van der Waals surface area contributed by atoms with Gasteiger partial charge in [0.05, 0.1) is 6.10 Å². The molecular formula is C16H27NO2. The third-order valence-electron chi connectivity index (χ3n) is 5.68. The minimum absolute atomic E-state index is 0.0894. The minimum Gasteiger partial charge on any atom is -0.393 e. The Kier molecular flexibility index (Phi) is 3.46. The summed E-state index contributed by atoms with van der Waals surface area (Å²) < 4.78 is 0. The molecule has 3 aliphatic rings. The van der Waals surface area contributed by atoms with Crippen molar-refractivity contribution in [3.05, 3.63) is 0 Å². The van der Waals surface area contributed by atoms with Gasteiger partial charge in [-0.05, 0) is 37.0 Å². The summed E-state index contributed by atoms with van der Waals surface area (Å²) in [6, 6.07) is 0. The van der Waals surface area contributed by atoms with Crippen LogP contribution in [0.15, 0.2) is 0 Å². The van der Waals surface area contributed by atoms with Gasteiger partial charge in [0.15, 0.2) is 0 Å². The Hall–Kier alpha value is -0.410. The van der Waals surface area contributed by atoms with Gasteiger partial charge in [-0.2, -0.15) is 0 Å². The van der Waals surface area contributed by atoms with Crippen LogP contribution in [0.2, 0.25) is 0 Å². The van der Waals surface area contributed by atoms with Gasteiger partial charge >= 0.3 is 0 Å². The smallest absolute Gasteiger partial charge is 0.137 e. The SMILES string of the molecule is CC1(C)CCC(=O)C(CN2CC3CCC(O)C3C2)C1. The zero-order valence-corrected chi connectivity index (χ0v) is 12.3. The zero-order chi connectivity index (χ0) is 13.6. The number of likely N-dealkylation sites (tertiary alicyclic amines) is 1. The van der Waals surface area contributed by atoms with Crippen LogP contribution in [0, 0.1) is 23.2 Å². The van der Waals surface area contributed by atoms with E-state index < -0.39 is 0 Å². The van der Waals surface area contributed by atoms with Crippen LogP contribution in [0.5, 0.6) is 0 Å². The monoisotopic (exact) mass is 265 g/mol. The summed E-state index contributed by atoms with van der Waals surface area (Å²) in [7, 11) is 0. The average Bonchev–Trinajstić information content (AvgIpc) is 2.87. The Bertz CT molecular complexity index is 366. The Morgan fingerprint density at radius 3 is 2.84 bits per heavy atom. The first-order chi connectivity index (χ1) is 8.94. The third-order valence-corrected chi connectivity index (χ3v) is 5.68. The van der Waals surface area contributed by atoms with E-state index in [2.05, 4.69) is 18.7 Å². The number of aliphatic hydroxyl groups excluding tert-OH is 1. The van der Waals surface area contributed by atoms with Crippen molar-refractivity contribution >= 4 is 5.78 Å². The normalized spacial score (nSPS) is 42.6. The molecule has 3 fully saturated rings. The number of fused-ring (bicyclic) bond motifs is 1. The van der Waals surface area contributed by atoms with Gasteiger partial charge in [0.25, 0.3) is 0 Å². The largest absolute Gasteiger partial charge is 0.393 e. The third kappa shape index (κ3) is 2.73. The molecule has 0 radical (unpaired) electrons. The highest BCUT2D eigenvalue weighted by Gasteiger charge is 2.43. The molecule has 19 heavy (non-hydrogen) atoms. The topological polar surface area (TPSA) is 40.5 Å². The summed E-state index contributed by atoms with van der Waals surface area (Å²) >= 11 is 0. The van der Waals surface area contributed by atoms with E-state index in [0.717, 1.165) is 45.3 Å².